The van der Waals surface area contributed by atoms with Crippen LogP contribution in [-0.4, -0.2) is 31.3 Å². The first-order chi connectivity index (χ1) is 9.01. The van der Waals surface area contributed by atoms with Crippen molar-refractivity contribution >= 4 is 23.2 Å². The van der Waals surface area contributed by atoms with E-state index in [-0.39, 0.29) is 0 Å². The van der Waals surface area contributed by atoms with Crippen LogP contribution in [-0.2, 0) is 0 Å². The van der Waals surface area contributed by atoms with Crippen LogP contribution in [0.4, 0.5) is 0 Å². The van der Waals surface area contributed by atoms with Gasteiger partial charge < -0.3 is 0 Å². The molecule has 3 heteroatoms. The first-order valence-corrected chi connectivity index (χ1v) is 7.42. The molecule has 0 fully saturated rings. The summed E-state index contributed by atoms with van der Waals surface area (Å²) >= 11 is 1.69. The molecule has 0 aliphatic heterocycles. The number of thioether (sulfide) groups is 1. The zero-order valence-electron chi connectivity index (χ0n) is 12.7. The van der Waals surface area contributed by atoms with Crippen molar-refractivity contribution in [3.8, 4) is 0 Å². The molecule has 0 radical (unpaired) electrons. The molecule has 0 aliphatic rings. The molecule has 0 rings (SSSR count). The minimum absolute atomic E-state index is 0.592. The summed E-state index contributed by atoms with van der Waals surface area (Å²) in [4.78, 5) is 9.99. The van der Waals surface area contributed by atoms with Gasteiger partial charge in [0.1, 0.15) is 0 Å². The summed E-state index contributed by atoms with van der Waals surface area (Å²) in [6.07, 6.45) is 8.00. The van der Waals surface area contributed by atoms with Gasteiger partial charge in [-0.25, -0.2) is 0 Å². The van der Waals surface area contributed by atoms with Gasteiger partial charge in [-0.05, 0) is 38.2 Å². The number of allylic oxidation sites excluding steroid dienone is 4. The van der Waals surface area contributed by atoms with E-state index in [1.165, 1.54) is 4.91 Å². The highest BCUT2D eigenvalue weighted by Gasteiger charge is 2.06. The van der Waals surface area contributed by atoms with Gasteiger partial charge in [-0.15, -0.1) is 11.8 Å². The van der Waals surface area contributed by atoms with Gasteiger partial charge in [-0.2, -0.15) is 0 Å². The van der Waals surface area contributed by atoms with Gasteiger partial charge in [0.15, 0.2) is 0 Å². The lowest BCUT2D eigenvalue weighted by Crippen LogP contribution is -2.13. The summed E-state index contributed by atoms with van der Waals surface area (Å²) < 4.78 is 0. The molecule has 0 aromatic rings. The number of rotatable bonds is 7. The van der Waals surface area contributed by atoms with E-state index in [4.69, 9.17) is 0 Å². The third kappa shape index (κ3) is 5.88. The molecule has 0 aliphatic carbocycles. The number of nitrogens with zero attached hydrogens (tertiary/aromatic N) is 2. The lowest BCUT2D eigenvalue weighted by molar-refractivity contribution is 1.18. The molecule has 0 amide bonds. The monoisotopic (exact) mass is 276 g/mol. The van der Waals surface area contributed by atoms with Crippen molar-refractivity contribution in [2.24, 2.45) is 9.98 Å². The highest BCUT2D eigenvalue weighted by molar-refractivity contribution is 8.02. The molecule has 0 heterocycles. The summed E-state index contributed by atoms with van der Waals surface area (Å²) in [5.74, 6) is 0. The molecule has 0 saturated heterocycles. The maximum Gasteiger partial charge on any atom is 0.0844 e. The Morgan fingerprint density at radius 1 is 1.26 bits per heavy atom. The molecule has 0 aromatic carbocycles. The van der Waals surface area contributed by atoms with Gasteiger partial charge in [0.2, 0.25) is 0 Å². The van der Waals surface area contributed by atoms with Gasteiger partial charge in [-0.3, -0.25) is 9.98 Å². The second kappa shape index (κ2) is 9.56. The van der Waals surface area contributed by atoms with Crippen molar-refractivity contribution in [3.63, 3.8) is 0 Å². The van der Waals surface area contributed by atoms with Crippen LogP contribution in [0.15, 0.2) is 57.4 Å². The smallest absolute Gasteiger partial charge is 0.0844 e. The maximum atomic E-state index is 4.55. The summed E-state index contributed by atoms with van der Waals surface area (Å²) in [5, 5.41) is 0. The molecule has 0 N–H and O–H groups in total. The zero-order valence-corrected chi connectivity index (χ0v) is 13.5. The van der Waals surface area contributed by atoms with E-state index in [9.17, 15) is 0 Å². The molecule has 104 valence electrons. The Balaban J connectivity index is 4.91. The highest BCUT2D eigenvalue weighted by atomic mass is 32.2. The fraction of sp³-hybridized carbons (Fsp3) is 0.375. The Kier molecular flexibility index (Phi) is 8.88. The molecule has 0 saturated carbocycles. The lowest BCUT2D eigenvalue weighted by Gasteiger charge is -2.08. The Hall–Kier alpha value is -1.35. The number of aliphatic imine (C=N–C) groups is 2. The Morgan fingerprint density at radius 3 is 2.32 bits per heavy atom. The van der Waals surface area contributed by atoms with E-state index in [1.807, 2.05) is 39.2 Å². The molecular weight excluding hydrogens is 252 g/mol. The first-order valence-electron chi connectivity index (χ1n) is 6.20. The summed E-state index contributed by atoms with van der Waals surface area (Å²) in [6.45, 7) is 14.6. The van der Waals surface area contributed by atoms with Crippen molar-refractivity contribution < 1.29 is 0 Å². The number of hydrogen-bond acceptors (Lipinski definition) is 3. The number of hydrogen-bond donors (Lipinski definition) is 0. The third-order valence-corrected chi connectivity index (χ3v) is 3.54. The van der Waals surface area contributed by atoms with Crippen molar-refractivity contribution in [1.82, 2.24) is 0 Å². The minimum Gasteiger partial charge on any atom is -0.286 e. The molecule has 0 spiro atoms. The Morgan fingerprint density at radius 2 is 1.89 bits per heavy atom. The molecule has 0 atom stereocenters. The van der Waals surface area contributed by atoms with Gasteiger partial charge in [0.05, 0.1) is 18.0 Å². The SMILES string of the molecule is C=C(/C=C\C)C(=NC)C(C)=NCC(=C)/C(=C/C)SC. The van der Waals surface area contributed by atoms with E-state index in [2.05, 4.69) is 29.2 Å². The quantitative estimate of drug-likeness (QED) is 0.497. The van der Waals surface area contributed by atoms with Crippen LogP contribution in [0, 0.1) is 0 Å². The van der Waals surface area contributed by atoms with Crippen LogP contribution in [0.25, 0.3) is 0 Å². The predicted molar refractivity (Wildman–Crippen MR) is 91.7 cm³/mol. The first kappa shape index (κ1) is 17.6. The fourth-order valence-electron chi connectivity index (χ4n) is 1.65. The average molecular weight is 276 g/mol. The largest absolute Gasteiger partial charge is 0.286 e. The van der Waals surface area contributed by atoms with Crippen molar-refractivity contribution in [2.45, 2.75) is 20.8 Å². The summed E-state index contributed by atoms with van der Waals surface area (Å²) in [5.41, 5.74) is 3.65. The van der Waals surface area contributed by atoms with E-state index in [1.54, 1.807) is 18.8 Å². The third-order valence-electron chi connectivity index (χ3n) is 2.58. The molecule has 2 nitrogen and oxygen atoms in total. The van der Waals surface area contributed by atoms with E-state index in [0.717, 1.165) is 22.6 Å². The summed E-state index contributed by atoms with van der Waals surface area (Å²) in [6, 6.07) is 0. The molecule has 0 bridgehead atoms. The maximum absolute atomic E-state index is 4.55. The van der Waals surface area contributed by atoms with Crippen LogP contribution in [0.3, 0.4) is 0 Å². The highest BCUT2D eigenvalue weighted by Crippen LogP contribution is 2.20. The lowest BCUT2D eigenvalue weighted by atomic mass is 10.1. The normalized spacial score (nSPS) is 14.1. The van der Waals surface area contributed by atoms with Crippen LogP contribution in [0.1, 0.15) is 20.8 Å². The predicted octanol–water partition coefficient (Wildman–Crippen LogP) is 4.47. The second-order valence-electron chi connectivity index (χ2n) is 3.96. The molecule has 19 heavy (non-hydrogen) atoms. The molecular formula is C16H24N2S. The van der Waals surface area contributed by atoms with E-state index < -0.39 is 0 Å². The van der Waals surface area contributed by atoms with E-state index in [0.29, 0.717) is 6.54 Å². The second-order valence-corrected chi connectivity index (χ2v) is 4.81. The van der Waals surface area contributed by atoms with E-state index >= 15 is 0 Å². The van der Waals surface area contributed by atoms with Crippen molar-refractivity contribution in [3.05, 3.63) is 47.4 Å². The van der Waals surface area contributed by atoms with Gasteiger partial charge >= 0.3 is 0 Å². The average Bonchev–Trinajstić information content (AvgIpc) is 2.39. The van der Waals surface area contributed by atoms with Crippen LogP contribution in [0.2, 0.25) is 0 Å². The summed E-state index contributed by atoms with van der Waals surface area (Å²) in [7, 11) is 1.76. The van der Waals surface area contributed by atoms with Crippen LogP contribution < -0.4 is 0 Å². The topological polar surface area (TPSA) is 24.7 Å². The molecule has 0 aromatic heterocycles. The van der Waals surface area contributed by atoms with Gasteiger partial charge in [0.25, 0.3) is 0 Å². The fourth-order valence-corrected chi connectivity index (χ4v) is 2.24. The Bertz CT molecular complexity index is 451. The van der Waals surface area contributed by atoms with Crippen LogP contribution in [0.5, 0.6) is 0 Å². The Labute approximate surface area is 121 Å². The van der Waals surface area contributed by atoms with Crippen molar-refractivity contribution in [1.29, 1.82) is 0 Å². The zero-order chi connectivity index (χ0) is 14.8. The van der Waals surface area contributed by atoms with Crippen LogP contribution >= 0.6 is 11.8 Å². The standard InChI is InChI=1S/C16H24N2S/c1-8-10-12(3)16(17-6)14(5)18-11-13(4)15(9-2)19-7/h8-10H,3-4,11H2,1-2,5-7H3/b10-8-,15-9-,17-16?,18-14?. The van der Waals surface area contributed by atoms with Gasteiger partial charge in [-0.1, -0.05) is 31.4 Å². The minimum atomic E-state index is 0.592. The van der Waals surface area contributed by atoms with Gasteiger partial charge in [0, 0.05) is 12.0 Å². The van der Waals surface area contributed by atoms with Crippen molar-refractivity contribution in [2.75, 3.05) is 19.8 Å². The molecule has 0 unspecified atom stereocenters.